The second kappa shape index (κ2) is 5.73. The highest BCUT2D eigenvalue weighted by atomic mass is 32.2. The third-order valence-corrected chi connectivity index (χ3v) is 4.38. The van der Waals surface area contributed by atoms with Crippen molar-refractivity contribution in [2.75, 3.05) is 18.6 Å². The maximum Gasteiger partial charge on any atom is 0.315 e. The first-order chi connectivity index (χ1) is 8.22. The molecule has 5 nitrogen and oxygen atoms in total. The molecule has 3 atom stereocenters. The van der Waals surface area contributed by atoms with Crippen LogP contribution in [0.3, 0.4) is 0 Å². The molecular weight excluding hydrogens is 236 g/mol. The summed E-state index contributed by atoms with van der Waals surface area (Å²) in [6, 6.07) is 1.13. The first kappa shape index (κ1) is 12.7. The smallest absolute Gasteiger partial charge is 0.315 e. The van der Waals surface area contributed by atoms with Crippen molar-refractivity contribution >= 4 is 17.8 Å². The van der Waals surface area contributed by atoms with Gasteiger partial charge in [0.15, 0.2) is 0 Å². The van der Waals surface area contributed by atoms with Crippen molar-refractivity contribution in [3.63, 3.8) is 0 Å². The Hall–Kier alpha value is -0.750. The largest absolute Gasteiger partial charge is 0.406 e. The number of nitrogens with zero attached hydrogens (tertiary/aromatic N) is 2. The van der Waals surface area contributed by atoms with Crippen molar-refractivity contribution in [3.05, 3.63) is 5.89 Å². The molecule has 0 amide bonds. The van der Waals surface area contributed by atoms with Crippen LogP contribution < -0.4 is 10.6 Å². The molecule has 1 heterocycles. The van der Waals surface area contributed by atoms with Gasteiger partial charge in [0.05, 0.1) is 6.04 Å². The van der Waals surface area contributed by atoms with Crippen LogP contribution in [-0.4, -0.2) is 34.8 Å². The summed E-state index contributed by atoms with van der Waals surface area (Å²) >= 11 is 1.94. The average molecular weight is 256 g/mol. The molecule has 2 rings (SSSR count). The van der Waals surface area contributed by atoms with E-state index in [-0.39, 0.29) is 6.04 Å². The van der Waals surface area contributed by atoms with Gasteiger partial charge in [0.25, 0.3) is 0 Å². The second-order valence-electron chi connectivity index (χ2n) is 4.47. The number of anilines is 1. The van der Waals surface area contributed by atoms with E-state index in [2.05, 4.69) is 27.1 Å². The van der Waals surface area contributed by atoms with E-state index in [1.54, 1.807) is 0 Å². The predicted octanol–water partition coefficient (Wildman–Crippen LogP) is 2.05. The van der Waals surface area contributed by atoms with Crippen LogP contribution in [0.1, 0.15) is 38.1 Å². The maximum atomic E-state index is 5.56. The molecule has 1 aliphatic carbocycles. The lowest BCUT2D eigenvalue weighted by molar-refractivity contribution is 0.438. The fraction of sp³-hybridized carbons (Fsp3) is 0.818. The van der Waals surface area contributed by atoms with Crippen LogP contribution in [0.25, 0.3) is 0 Å². The van der Waals surface area contributed by atoms with Gasteiger partial charge in [-0.1, -0.05) is 5.10 Å². The fourth-order valence-corrected chi connectivity index (χ4v) is 2.85. The van der Waals surface area contributed by atoms with Crippen molar-refractivity contribution < 1.29 is 4.42 Å². The minimum atomic E-state index is 0.0978. The van der Waals surface area contributed by atoms with E-state index in [9.17, 15) is 0 Å². The van der Waals surface area contributed by atoms with Gasteiger partial charge >= 0.3 is 6.01 Å². The Morgan fingerprint density at radius 3 is 2.88 bits per heavy atom. The summed E-state index contributed by atoms with van der Waals surface area (Å²) < 4.78 is 5.56. The maximum absolute atomic E-state index is 5.56. The normalized spacial score (nSPS) is 26.1. The highest BCUT2D eigenvalue weighted by molar-refractivity contribution is 7.99. The summed E-state index contributed by atoms with van der Waals surface area (Å²) in [6.45, 7) is 2.00. The summed E-state index contributed by atoms with van der Waals surface area (Å²) in [6.07, 6.45) is 5.81. The van der Waals surface area contributed by atoms with Gasteiger partial charge in [-0.05, 0) is 39.5 Å². The van der Waals surface area contributed by atoms with Crippen LogP contribution in [0.5, 0.6) is 0 Å². The highest BCUT2D eigenvalue weighted by Gasteiger charge is 2.25. The summed E-state index contributed by atoms with van der Waals surface area (Å²) in [4.78, 5) is 0. The molecule has 1 aromatic rings. The number of aromatic nitrogens is 2. The number of thioether (sulfide) groups is 1. The quantitative estimate of drug-likeness (QED) is 0.840. The van der Waals surface area contributed by atoms with Crippen molar-refractivity contribution in [1.29, 1.82) is 0 Å². The lowest BCUT2D eigenvalue weighted by Gasteiger charge is -2.10. The lowest BCUT2D eigenvalue weighted by atomic mass is 10.3. The number of rotatable bonds is 5. The molecule has 0 saturated heterocycles. The van der Waals surface area contributed by atoms with Crippen molar-refractivity contribution in [1.82, 2.24) is 15.5 Å². The van der Waals surface area contributed by atoms with Gasteiger partial charge in [0, 0.05) is 11.3 Å². The molecule has 6 heteroatoms. The summed E-state index contributed by atoms with van der Waals surface area (Å²) in [5.41, 5.74) is 0. The van der Waals surface area contributed by atoms with Crippen LogP contribution in [-0.2, 0) is 0 Å². The van der Waals surface area contributed by atoms with E-state index in [1.165, 1.54) is 19.3 Å². The molecule has 1 fully saturated rings. The van der Waals surface area contributed by atoms with Gasteiger partial charge < -0.3 is 15.1 Å². The molecule has 0 aromatic carbocycles. The molecule has 0 spiro atoms. The summed E-state index contributed by atoms with van der Waals surface area (Å²) in [5.74, 6) is 0.634. The third-order valence-electron chi connectivity index (χ3n) is 3.29. The Labute approximate surface area is 106 Å². The first-order valence-electron chi connectivity index (χ1n) is 6.03. The Balaban J connectivity index is 1.89. The molecular formula is C11H20N4OS. The molecule has 1 aliphatic rings. The monoisotopic (exact) mass is 256 g/mol. The summed E-state index contributed by atoms with van der Waals surface area (Å²) in [5, 5.41) is 15.2. The molecule has 3 unspecified atom stereocenters. The molecule has 1 aromatic heterocycles. The van der Waals surface area contributed by atoms with E-state index >= 15 is 0 Å². The standard InChI is InChI=1S/C11H20N4OS/c1-7(12-2)10-14-15-11(16-10)13-8-4-5-9(6-8)17-3/h7-9,12H,4-6H2,1-3H3,(H,13,15). The molecule has 2 N–H and O–H groups in total. The van der Waals surface area contributed by atoms with E-state index in [1.807, 2.05) is 25.7 Å². The van der Waals surface area contributed by atoms with Crippen LogP contribution in [0.2, 0.25) is 0 Å². The van der Waals surface area contributed by atoms with Crippen molar-refractivity contribution in [3.8, 4) is 0 Å². The van der Waals surface area contributed by atoms with Crippen molar-refractivity contribution in [2.24, 2.45) is 0 Å². The zero-order valence-electron chi connectivity index (χ0n) is 10.6. The third kappa shape index (κ3) is 3.13. The first-order valence-corrected chi connectivity index (χ1v) is 7.31. The average Bonchev–Trinajstić information content (AvgIpc) is 2.97. The number of nitrogens with one attached hydrogen (secondary N) is 2. The van der Waals surface area contributed by atoms with Crippen LogP contribution in [0.15, 0.2) is 4.42 Å². The second-order valence-corrected chi connectivity index (χ2v) is 5.61. The molecule has 96 valence electrons. The van der Waals surface area contributed by atoms with Crippen molar-refractivity contribution in [2.45, 2.75) is 43.5 Å². The minimum Gasteiger partial charge on any atom is -0.406 e. The fourth-order valence-electron chi connectivity index (χ4n) is 2.05. The van der Waals surface area contributed by atoms with Crippen LogP contribution in [0, 0.1) is 0 Å². The minimum absolute atomic E-state index is 0.0978. The van der Waals surface area contributed by atoms with Gasteiger partial charge in [-0.3, -0.25) is 0 Å². The van der Waals surface area contributed by atoms with E-state index in [4.69, 9.17) is 4.42 Å². The number of hydrogen-bond acceptors (Lipinski definition) is 6. The molecule has 1 saturated carbocycles. The summed E-state index contributed by atoms with van der Waals surface area (Å²) in [7, 11) is 1.88. The highest BCUT2D eigenvalue weighted by Crippen LogP contribution is 2.30. The van der Waals surface area contributed by atoms with E-state index in [0.29, 0.717) is 17.9 Å². The van der Waals surface area contributed by atoms with Gasteiger partial charge in [0.1, 0.15) is 0 Å². The topological polar surface area (TPSA) is 63.0 Å². The van der Waals surface area contributed by atoms with Gasteiger partial charge in [-0.2, -0.15) is 11.8 Å². The van der Waals surface area contributed by atoms with E-state index in [0.717, 1.165) is 5.25 Å². The molecule has 0 bridgehead atoms. The zero-order chi connectivity index (χ0) is 12.3. The Bertz CT molecular complexity index is 357. The SMILES string of the molecule is CNC(C)c1nnc(NC2CCC(SC)C2)o1. The predicted molar refractivity (Wildman–Crippen MR) is 70.3 cm³/mol. The Morgan fingerprint density at radius 2 is 2.24 bits per heavy atom. The van der Waals surface area contributed by atoms with Crippen LogP contribution >= 0.6 is 11.8 Å². The van der Waals surface area contributed by atoms with Gasteiger partial charge in [-0.25, -0.2) is 0 Å². The molecule has 0 aliphatic heterocycles. The van der Waals surface area contributed by atoms with Gasteiger partial charge in [-0.15, -0.1) is 5.10 Å². The number of hydrogen-bond donors (Lipinski definition) is 2. The Kier molecular flexibility index (Phi) is 4.28. The zero-order valence-corrected chi connectivity index (χ0v) is 11.4. The molecule has 17 heavy (non-hydrogen) atoms. The Morgan fingerprint density at radius 1 is 1.41 bits per heavy atom. The lowest BCUT2D eigenvalue weighted by Crippen LogP contribution is -2.16. The van der Waals surface area contributed by atoms with Gasteiger partial charge in [0.2, 0.25) is 5.89 Å². The van der Waals surface area contributed by atoms with Crippen LogP contribution in [0.4, 0.5) is 6.01 Å². The molecule has 0 radical (unpaired) electrons. The van der Waals surface area contributed by atoms with E-state index < -0.39 is 0 Å².